The quantitative estimate of drug-likeness (QED) is 0.856. The van der Waals surface area contributed by atoms with Gasteiger partial charge in [-0.05, 0) is 38.0 Å². The van der Waals surface area contributed by atoms with Gasteiger partial charge in [0, 0.05) is 25.6 Å². The summed E-state index contributed by atoms with van der Waals surface area (Å²) in [4.78, 5) is 14.1. The molecule has 0 bridgehead atoms. The fourth-order valence-corrected chi connectivity index (χ4v) is 2.94. The van der Waals surface area contributed by atoms with Crippen molar-refractivity contribution in [2.75, 3.05) is 13.1 Å². The van der Waals surface area contributed by atoms with Crippen LogP contribution in [0.25, 0.3) is 0 Å². The highest BCUT2D eigenvalue weighted by molar-refractivity contribution is 5.85. The molecule has 1 unspecified atom stereocenters. The lowest BCUT2D eigenvalue weighted by Gasteiger charge is -2.34. The number of carbonyl (C=O) groups is 1. The molecule has 1 saturated heterocycles. The van der Waals surface area contributed by atoms with E-state index in [-0.39, 0.29) is 18.4 Å². The van der Waals surface area contributed by atoms with Crippen LogP contribution in [0.15, 0.2) is 0 Å². The molecular weight excluding hydrogens is 248 g/mol. The molecule has 2 fully saturated rings. The lowest BCUT2D eigenvalue weighted by molar-refractivity contribution is -0.133. The first-order chi connectivity index (χ1) is 8.16. The molecule has 4 heteroatoms. The predicted molar refractivity (Wildman–Crippen MR) is 76.8 cm³/mol. The van der Waals surface area contributed by atoms with Gasteiger partial charge in [0.15, 0.2) is 0 Å². The van der Waals surface area contributed by atoms with Crippen molar-refractivity contribution < 1.29 is 4.79 Å². The molecule has 2 N–H and O–H groups in total. The minimum Gasteiger partial charge on any atom is -0.343 e. The molecule has 0 aromatic carbocycles. The molecule has 1 saturated carbocycles. The van der Waals surface area contributed by atoms with Gasteiger partial charge in [0.05, 0.1) is 0 Å². The van der Waals surface area contributed by atoms with E-state index in [1.54, 1.807) is 0 Å². The van der Waals surface area contributed by atoms with Crippen LogP contribution in [-0.2, 0) is 4.79 Å². The zero-order chi connectivity index (χ0) is 12.3. The highest BCUT2D eigenvalue weighted by atomic mass is 35.5. The fraction of sp³-hybridized carbons (Fsp3) is 0.929. The van der Waals surface area contributed by atoms with Crippen LogP contribution in [0, 0.1) is 11.8 Å². The molecule has 0 aromatic rings. The molecule has 2 aliphatic rings. The number of nitrogens with zero attached hydrogens (tertiary/aromatic N) is 1. The zero-order valence-electron chi connectivity index (χ0n) is 11.4. The zero-order valence-corrected chi connectivity index (χ0v) is 12.3. The number of halogens is 1. The van der Waals surface area contributed by atoms with Gasteiger partial charge in [0.25, 0.3) is 0 Å². The summed E-state index contributed by atoms with van der Waals surface area (Å²) >= 11 is 0. The van der Waals surface area contributed by atoms with Gasteiger partial charge in [-0.3, -0.25) is 4.79 Å². The molecule has 1 aliphatic carbocycles. The van der Waals surface area contributed by atoms with Crippen LogP contribution >= 0.6 is 12.4 Å². The number of likely N-dealkylation sites (tertiary alicyclic amines) is 1. The van der Waals surface area contributed by atoms with Gasteiger partial charge >= 0.3 is 0 Å². The first-order valence-electron chi connectivity index (χ1n) is 7.20. The Labute approximate surface area is 117 Å². The third-order valence-electron chi connectivity index (χ3n) is 4.63. The average Bonchev–Trinajstić information content (AvgIpc) is 2.27. The Morgan fingerprint density at radius 1 is 1.28 bits per heavy atom. The maximum absolute atomic E-state index is 12.0. The predicted octanol–water partition coefficient (Wildman–Crippen LogP) is 2.57. The number of piperidine rings is 1. The smallest absolute Gasteiger partial charge is 0.222 e. The molecule has 2 rings (SSSR count). The third kappa shape index (κ3) is 4.13. The largest absolute Gasteiger partial charge is 0.343 e. The molecule has 0 aromatic heterocycles. The van der Waals surface area contributed by atoms with E-state index >= 15 is 0 Å². The van der Waals surface area contributed by atoms with E-state index in [4.69, 9.17) is 5.73 Å². The van der Waals surface area contributed by atoms with Crippen molar-refractivity contribution in [1.82, 2.24) is 4.90 Å². The van der Waals surface area contributed by atoms with Crippen LogP contribution in [0.4, 0.5) is 0 Å². The third-order valence-corrected chi connectivity index (χ3v) is 4.63. The van der Waals surface area contributed by atoms with Crippen molar-refractivity contribution >= 4 is 18.3 Å². The summed E-state index contributed by atoms with van der Waals surface area (Å²) in [6, 6.07) is 0.280. The first kappa shape index (κ1) is 15.8. The summed E-state index contributed by atoms with van der Waals surface area (Å²) < 4.78 is 0. The monoisotopic (exact) mass is 274 g/mol. The molecule has 1 amide bonds. The SMILES string of the molecule is CC(N)C1CCN(C(=O)CCC2CCC2)CC1.Cl. The number of amides is 1. The van der Waals surface area contributed by atoms with Crippen molar-refractivity contribution in [3.05, 3.63) is 0 Å². The summed E-state index contributed by atoms with van der Waals surface area (Å²) in [5.74, 6) is 1.84. The molecule has 18 heavy (non-hydrogen) atoms. The number of hydrogen-bond acceptors (Lipinski definition) is 2. The van der Waals surface area contributed by atoms with E-state index in [0.29, 0.717) is 11.8 Å². The van der Waals surface area contributed by atoms with E-state index in [9.17, 15) is 4.79 Å². The summed E-state index contributed by atoms with van der Waals surface area (Å²) in [5, 5.41) is 0. The average molecular weight is 275 g/mol. The second-order valence-electron chi connectivity index (χ2n) is 5.91. The molecule has 1 atom stereocenters. The molecule has 1 heterocycles. The molecule has 1 aliphatic heterocycles. The van der Waals surface area contributed by atoms with Gasteiger partial charge in [-0.25, -0.2) is 0 Å². The van der Waals surface area contributed by atoms with Gasteiger partial charge in [0.2, 0.25) is 5.91 Å². The van der Waals surface area contributed by atoms with E-state index in [0.717, 1.165) is 44.7 Å². The van der Waals surface area contributed by atoms with Crippen molar-refractivity contribution in [1.29, 1.82) is 0 Å². The van der Waals surface area contributed by atoms with Crippen LogP contribution in [-0.4, -0.2) is 29.9 Å². The van der Waals surface area contributed by atoms with Gasteiger partial charge in [-0.2, -0.15) is 0 Å². The highest BCUT2D eigenvalue weighted by Gasteiger charge is 2.25. The van der Waals surface area contributed by atoms with E-state index < -0.39 is 0 Å². The Bertz CT molecular complexity index is 259. The molecular formula is C14H27ClN2O. The Balaban J connectivity index is 0.00000162. The maximum Gasteiger partial charge on any atom is 0.222 e. The Morgan fingerprint density at radius 3 is 2.33 bits per heavy atom. The molecule has 3 nitrogen and oxygen atoms in total. The number of carbonyl (C=O) groups excluding carboxylic acids is 1. The number of nitrogens with two attached hydrogens (primary N) is 1. The van der Waals surface area contributed by atoms with Crippen LogP contribution in [0.5, 0.6) is 0 Å². The highest BCUT2D eigenvalue weighted by Crippen LogP contribution is 2.31. The van der Waals surface area contributed by atoms with Crippen molar-refractivity contribution in [2.45, 2.75) is 57.9 Å². The van der Waals surface area contributed by atoms with Crippen molar-refractivity contribution in [3.8, 4) is 0 Å². The van der Waals surface area contributed by atoms with E-state index in [2.05, 4.69) is 11.8 Å². The van der Waals surface area contributed by atoms with Crippen LogP contribution in [0.2, 0.25) is 0 Å². The van der Waals surface area contributed by atoms with Crippen molar-refractivity contribution in [2.24, 2.45) is 17.6 Å². The second-order valence-corrected chi connectivity index (χ2v) is 5.91. The second kappa shape index (κ2) is 7.34. The normalized spacial score (nSPS) is 23.1. The topological polar surface area (TPSA) is 46.3 Å². The van der Waals surface area contributed by atoms with E-state index in [1.165, 1.54) is 19.3 Å². The Morgan fingerprint density at radius 2 is 1.89 bits per heavy atom. The van der Waals surface area contributed by atoms with Crippen LogP contribution in [0.1, 0.15) is 51.9 Å². The summed E-state index contributed by atoms with van der Waals surface area (Å²) in [7, 11) is 0. The van der Waals surface area contributed by atoms with Crippen molar-refractivity contribution in [3.63, 3.8) is 0 Å². The maximum atomic E-state index is 12.0. The standard InChI is InChI=1S/C14H26N2O.ClH/c1-11(15)13-7-9-16(10-8-13)14(17)6-5-12-3-2-4-12;/h11-13H,2-10,15H2,1H3;1H. The van der Waals surface area contributed by atoms with Gasteiger partial charge in [-0.1, -0.05) is 19.3 Å². The minimum absolute atomic E-state index is 0. The van der Waals surface area contributed by atoms with Gasteiger partial charge < -0.3 is 10.6 Å². The van der Waals surface area contributed by atoms with E-state index in [1.807, 2.05) is 0 Å². The lowest BCUT2D eigenvalue weighted by atomic mass is 9.82. The number of rotatable bonds is 4. The molecule has 0 spiro atoms. The summed E-state index contributed by atoms with van der Waals surface area (Å²) in [6.45, 7) is 3.93. The van der Waals surface area contributed by atoms with Gasteiger partial charge in [0.1, 0.15) is 0 Å². The van der Waals surface area contributed by atoms with Crippen LogP contribution < -0.4 is 5.73 Å². The molecule has 106 valence electrons. The minimum atomic E-state index is 0. The summed E-state index contributed by atoms with van der Waals surface area (Å²) in [6.07, 6.45) is 8.14. The summed E-state index contributed by atoms with van der Waals surface area (Å²) in [5.41, 5.74) is 5.91. The Hall–Kier alpha value is -0.280. The fourth-order valence-electron chi connectivity index (χ4n) is 2.94. The first-order valence-corrected chi connectivity index (χ1v) is 7.20. The Kier molecular flexibility index (Phi) is 6.44. The van der Waals surface area contributed by atoms with Gasteiger partial charge in [-0.15, -0.1) is 12.4 Å². The number of hydrogen-bond donors (Lipinski definition) is 1. The van der Waals surface area contributed by atoms with Crippen LogP contribution in [0.3, 0.4) is 0 Å². The lowest BCUT2D eigenvalue weighted by Crippen LogP contribution is -2.42. The molecule has 0 radical (unpaired) electrons.